The zero-order chi connectivity index (χ0) is 16.2. The zero-order valence-electron chi connectivity index (χ0n) is 13.7. The number of nitrogens with zero attached hydrogens (tertiary/aromatic N) is 3. The standard InChI is InChI=1S/C18H22N4O/c1-13-8-14(2)10-15(9-13)21-18(23)16-11-17(20-12-19-16)22-6-4-3-5-7-22/h8-12H,3-7H2,1-2H3,(H,21,23). The summed E-state index contributed by atoms with van der Waals surface area (Å²) in [4.78, 5) is 23.1. The van der Waals surface area contributed by atoms with E-state index in [-0.39, 0.29) is 5.91 Å². The third-order valence-corrected chi connectivity index (χ3v) is 4.04. The lowest BCUT2D eigenvalue weighted by atomic mass is 10.1. The van der Waals surface area contributed by atoms with Crippen molar-refractivity contribution in [1.82, 2.24) is 9.97 Å². The number of aromatic nitrogens is 2. The number of nitrogens with one attached hydrogen (secondary N) is 1. The number of hydrogen-bond acceptors (Lipinski definition) is 4. The van der Waals surface area contributed by atoms with Crippen LogP contribution in [0, 0.1) is 13.8 Å². The molecule has 0 unspecified atom stereocenters. The van der Waals surface area contributed by atoms with Gasteiger partial charge in [-0.1, -0.05) is 6.07 Å². The highest BCUT2D eigenvalue weighted by molar-refractivity contribution is 6.03. The Hall–Kier alpha value is -2.43. The van der Waals surface area contributed by atoms with Crippen molar-refractivity contribution in [3.8, 4) is 0 Å². The van der Waals surface area contributed by atoms with E-state index >= 15 is 0 Å². The third kappa shape index (κ3) is 3.86. The summed E-state index contributed by atoms with van der Waals surface area (Å²) in [6.07, 6.45) is 5.09. The molecule has 2 heterocycles. The van der Waals surface area contributed by atoms with Crippen LogP contribution in [0.15, 0.2) is 30.6 Å². The van der Waals surface area contributed by atoms with Gasteiger partial charge in [0.15, 0.2) is 0 Å². The van der Waals surface area contributed by atoms with E-state index in [1.165, 1.54) is 25.6 Å². The van der Waals surface area contributed by atoms with Crippen molar-refractivity contribution in [2.75, 3.05) is 23.3 Å². The number of anilines is 2. The van der Waals surface area contributed by atoms with Gasteiger partial charge < -0.3 is 10.2 Å². The summed E-state index contributed by atoms with van der Waals surface area (Å²) in [6.45, 7) is 6.02. The summed E-state index contributed by atoms with van der Waals surface area (Å²) >= 11 is 0. The van der Waals surface area contributed by atoms with Gasteiger partial charge in [0.05, 0.1) is 0 Å². The summed E-state index contributed by atoms with van der Waals surface area (Å²) in [5.74, 6) is 0.640. The molecule has 120 valence electrons. The number of benzene rings is 1. The first-order chi connectivity index (χ1) is 11.1. The first kappa shape index (κ1) is 15.5. The minimum atomic E-state index is -0.198. The maximum absolute atomic E-state index is 12.5. The SMILES string of the molecule is Cc1cc(C)cc(NC(=O)c2cc(N3CCCCC3)ncn2)c1. The lowest BCUT2D eigenvalue weighted by Crippen LogP contribution is -2.30. The van der Waals surface area contributed by atoms with E-state index in [1.54, 1.807) is 6.07 Å². The van der Waals surface area contributed by atoms with E-state index in [4.69, 9.17) is 0 Å². The average Bonchev–Trinajstić information content (AvgIpc) is 2.55. The average molecular weight is 310 g/mol. The van der Waals surface area contributed by atoms with E-state index in [0.717, 1.165) is 35.7 Å². The minimum Gasteiger partial charge on any atom is -0.357 e. The van der Waals surface area contributed by atoms with Crippen molar-refractivity contribution < 1.29 is 4.79 Å². The topological polar surface area (TPSA) is 58.1 Å². The van der Waals surface area contributed by atoms with Crippen molar-refractivity contribution in [1.29, 1.82) is 0 Å². The molecule has 0 radical (unpaired) electrons. The number of hydrogen-bond donors (Lipinski definition) is 1. The molecule has 1 fully saturated rings. The van der Waals surface area contributed by atoms with Crippen LogP contribution in [0.2, 0.25) is 0 Å². The van der Waals surface area contributed by atoms with E-state index < -0.39 is 0 Å². The van der Waals surface area contributed by atoms with Gasteiger partial charge in [0.2, 0.25) is 0 Å². The van der Waals surface area contributed by atoms with Crippen LogP contribution in [0.3, 0.4) is 0 Å². The summed E-state index contributed by atoms with van der Waals surface area (Å²) in [7, 11) is 0. The molecule has 0 spiro atoms. The molecule has 0 aliphatic carbocycles. The Morgan fingerprint density at radius 2 is 1.70 bits per heavy atom. The van der Waals surface area contributed by atoms with Crippen LogP contribution in [-0.2, 0) is 0 Å². The van der Waals surface area contributed by atoms with E-state index in [2.05, 4.69) is 26.3 Å². The molecule has 1 aliphatic rings. The van der Waals surface area contributed by atoms with Gasteiger partial charge in [-0.15, -0.1) is 0 Å². The van der Waals surface area contributed by atoms with Gasteiger partial charge in [-0.3, -0.25) is 4.79 Å². The van der Waals surface area contributed by atoms with Crippen LogP contribution in [0.4, 0.5) is 11.5 Å². The van der Waals surface area contributed by atoms with Crippen LogP contribution in [0.1, 0.15) is 40.9 Å². The van der Waals surface area contributed by atoms with Gasteiger partial charge in [0.1, 0.15) is 17.8 Å². The Morgan fingerprint density at radius 1 is 1.00 bits per heavy atom. The minimum absolute atomic E-state index is 0.198. The second-order valence-corrected chi connectivity index (χ2v) is 6.14. The van der Waals surface area contributed by atoms with Gasteiger partial charge in [0.25, 0.3) is 5.91 Å². The highest BCUT2D eigenvalue weighted by Crippen LogP contribution is 2.19. The Balaban J connectivity index is 1.76. The fourth-order valence-corrected chi connectivity index (χ4v) is 3.01. The predicted molar refractivity (Wildman–Crippen MR) is 92.0 cm³/mol. The van der Waals surface area contributed by atoms with E-state index in [9.17, 15) is 4.79 Å². The van der Waals surface area contributed by atoms with Crippen LogP contribution >= 0.6 is 0 Å². The van der Waals surface area contributed by atoms with Crippen LogP contribution < -0.4 is 10.2 Å². The molecule has 0 saturated carbocycles. The molecule has 5 nitrogen and oxygen atoms in total. The Morgan fingerprint density at radius 3 is 2.39 bits per heavy atom. The monoisotopic (exact) mass is 310 g/mol. The maximum Gasteiger partial charge on any atom is 0.274 e. The quantitative estimate of drug-likeness (QED) is 0.944. The second kappa shape index (κ2) is 6.77. The molecule has 1 aromatic carbocycles. The molecule has 1 aliphatic heterocycles. The third-order valence-electron chi connectivity index (χ3n) is 4.04. The first-order valence-corrected chi connectivity index (χ1v) is 8.08. The molecular weight excluding hydrogens is 288 g/mol. The Bertz CT molecular complexity index is 688. The second-order valence-electron chi connectivity index (χ2n) is 6.14. The summed E-state index contributed by atoms with van der Waals surface area (Å²) in [6, 6.07) is 7.77. The van der Waals surface area contributed by atoms with Crippen LogP contribution in [-0.4, -0.2) is 29.0 Å². The van der Waals surface area contributed by atoms with E-state index in [0.29, 0.717) is 5.69 Å². The molecule has 23 heavy (non-hydrogen) atoms. The molecule has 3 rings (SSSR count). The molecule has 5 heteroatoms. The zero-order valence-corrected chi connectivity index (χ0v) is 13.7. The number of carbonyl (C=O) groups excluding carboxylic acids is 1. The van der Waals surface area contributed by atoms with Gasteiger partial charge in [-0.25, -0.2) is 9.97 Å². The fraction of sp³-hybridized carbons (Fsp3) is 0.389. The summed E-state index contributed by atoms with van der Waals surface area (Å²) in [5, 5.41) is 2.92. The van der Waals surface area contributed by atoms with Gasteiger partial charge in [-0.05, 0) is 56.4 Å². The smallest absolute Gasteiger partial charge is 0.274 e. The highest BCUT2D eigenvalue weighted by Gasteiger charge is 2.15. The first-order valence-electron chi connectivity index (χ1n) is 8.08. The van der Waals surface area contributed by atoms with Crippen LogP contribution in [0.5, 0.6) is 0 Å². The normalized spacial score (nSPS) is 14.6. The fourth-order valence-electron chi connectivity index (χ4n) is 3.01. The van der Waals surface area contributed by atoms with Crippen LogP contribution in [0.25, 0.3) is 0 Å². The number of aryl methyl sites for hydroxylation is 2. The predicted octanol–water partition coefficient (Wildman–Crippen LogP) is 3.34. The molecule has 1 amide bonds. The Kier molecular flexibility index (Phi) is 4.55. The largest absolute Gasteiger partial charge is 0.357 e. The molecule has 0 bridgehead atoms. The van der Waals surface area contributed by atoms with Crippen molar-refractivity contribution in [3.05, 3.63) is 47.4 Å². The van der Waals surface area contributed by atoms with E-state index in [1.807, 2.05) is 26.0 Å². The van der Waals surface area contributed by atoms with Gasteiger partial charge >= 0.3 is 0 Å². The van der Waals surface area contributed by atoms with Crippen molar-refractivity contribution >= 4 is 17.4 Å². The lowest BCUT2D eigenvalue weighted by Gasteiger charge is -2.27. The Labute approximate surface area is 136 Å². The maximum atomic E-state index is 12.5. The molecule has 1 aromatic heterocycles. The number of piperidine rings is 1. The highest BCUT2D eigenvalue weighted by atomic mass is 16.1. The van der Waals surface area contributed by atoms with Gasteiger partial charge in [0, 0.05) is 24.8 Å². The molecule has 2 aromatic rings. The molecule has 0 atom stereocenters. The lowest BCUT2D eigenvalue weighted by molar-refractivity contribution is 0.102. The number of amides is 1. The van der Waals surface area contributed by atoms with Crippen molar-refractivity contribution in [2.24, 2.45) is 0 Å². The number of rotatable bonds is 3. The molecule has 1 saturated heterocycles. The van der Waals surface area contributed by atoms with Gasteiger partial charge in [-0.2, -0.15) is 0 Å². The van der Waals surface area contributed by atoms with Crippen molar-refractivity contribution in [2.45, 2.75) is 33.1 Å². The molecular formula is C18H22N4O. The number of carbonyl (C=O) groups is 1. The molecule has 1 N–H and O–H groups in total. The van der Waals surface area contributed by atoms with Crippen molar-refractivity contribution in [3.63, 3.8) is 0 Å². The summed E-state index contributed by atoms with van der Waals surface area (Å²) < 4.78 is 0. The summed E-state index contributed by atoms with van der Waals surface area (Å²) in [5.41, 5.74) is 3.44.